The van der Waals surface area contributed by atoms with Crippen LogP contribution in [0.15, 0.2) is 12.4 Å². The van der Waals surface area contributed by atoms with Crippen LogP contribution < -0.4 is 0 Å². The molecule has 1 aliphatic carbocycles. The number of hydrogen-bond donors (Lipinski definition) is 0. The number of ether oxygens (including phenoxy) is 1. The molecule has 1 aromatic rings. The lowest BCUT2D eigenvalue weighted by atomic mass is 9.92. The molecule has 3 nitrogen and oxygen atoms in total. The molecule has 2 unspecified atom stereocenters. The van der Waals surface area contributed by atoms with Gasteiger partial charge >= 0.3 is 0 Å². The van der Waals surface area contributed by atoms with E-state index in [1.807, 2.05) is 6.20 Å². The number of nitrogens with zero attached hydrogens (tertiary/aromatic N) is 2. The van der Waals surface area contributed by atoms with Gasteiger partial charge in [0.15, 0.2) is 0 Å². The Morgan fingerprint density at radius 1 is 1.43 bits per heavy atom. The number of aryl methyl sites for hydroxylation is 1. The maximum Gasteiger partial charge on any atom is 0.0795 e. The fourth-order valence-corrected chi connectivity index (χ4v) is 2.27. The van der Waals surface area contributed by atoms with Crippen molar-refractivity contribution in [2.75, 3.05) is 7.11 Å². The Hall–Kier alpha value is -0.830. The quantitative estimate of drug-likeness (QED) is 0.722. The maximum atomic E-state index is 5.51. The number of methoxy groups -OCH3 is 1. The number of rotatable bonds is 2. The largest absolute Gasteiger partial charge is 0.379 e. The molecule has 1 aromatic heterocycles. The van der Waals surface area contributed by atoms with Gasteiger partial charge in [-0.25, -0.2) is 0 Å². The minimum absolute atomic E-state index is 0.350. The molecule has 2 rings (SSSR count). The molecule has 2 atom stereocenters. The highest BCUT2D eigenvalue weighted by Gasteiger charge is 2.26. The summed E-state index contributed by atoms with van der Waals surface area (Å²) in [5, 5.41) is 4.37. The van der Waals surface area contributed by atoms with Gasteiger partial charge in [0.25, 0.3) is 0 Å². The van der Waals surface area contributed by atoms with E-state index < -0.39 is 0 Å². The lowest BCUT2D eigenvalue weighted by Gasteiger charge is -2.30. The fourth-order valence-electron chi connectivity index (χ4n) is 2.27. The van der Waals surface area contributed by atoms with E-state index in [0.717, 1.165) is 0 Å². The number of hydrogen-bond acceptors (Lipinski definition) is 2. The monoisotopic (exact) mass is 194 g/mol. The second-order valence-corrected chi connectivity index (χ2v) is 4.12. The highest BCUT2D eigenvalue weighted by atomic mass is 16.5. The summed E-state index contributed by atoms with van der Waals surface area (Å²) in [6.07, 6.45) is 9.32. The van der Waals surface area contributed by atoms with Gasteiger partial charge in [0.1, 0.15) is 0 Å². The van der Waals surface area contributed by atoms with Crippen molar-refractivity contribution in [2.24, 2.45) is 0 Å². The standard InChI is InChI=1S/C11H18N2O/c1-9-7-12-13(8-9)10-5-3-4-6-11(10)14-2/h7-8,10-11H,3-6H2,1-2H3. The fraction of sp³-hybridized carbons (Fsp3) is 0.727. The van der Waals surface area contributed by atoms with Crippen LogP contribution in [0.3, 0.4) is 0 Å². The Labute approximate surface area is 85.1 Å². The minimum atomic E-state index is 0.350. The van der Waals surface area contributed by atoms with E-state index in [2.05, 4.69) is 22.9 Å². The van der Waals surface area contributed by atoms with Crippen LogP contribution in [0, 0.1) is 6.92 Å². The van der Waals surface area contributed by atoms with Crippen LogP contribution in [-0.4, -0.2) is 23.0 Å². The Morgan fingerprint density at radius 3 is 2.86 bits per heavy atom. The van der Waals surface area contributed by atoms with Crippen LogP contribution >= 0.6 is 0 Å². The lowest BCUT2D eigenvalue weighted by Crippen LogP contribution is -2.29. The smallest absolute Gasteiger partial charge is 0.0795 e. The Kier molecular flexibility index (Phi) is 2.87. The van der Waals surface area contributed by atoms with Crippen LogP contribution in [0.4, 0.5) is 0 Å². The van der Waals surface area contributed by atoms with E-state index >= 15 is 0 Å². The summed E-state index contributed by atoms with van der Waals surface area (Å²) in [6.45, 7) is 2.08. The minimum Gasteiger partial charge on any atom is -0.379 e. The third-order valence-corrected chi connectivity index (χ3v) is 3.04. The maximum absolute atomic E-state index is 5.51. The predicted molar refractivity (Wildman–Crippen MR) is 55.3 cm³/mol. The zero-order chi connectivity index (χ0) is 9.97. The van der Waals surface area contributed by atoms with E-state index in [9.17, 15) is 0 Å². The van der Waals surface area contributed by atoms with Crippen LogP contribution in [0.5, 0.6) is 0 Å². The van der Waals surface area contributed by atoms with Gasteiger partial charge in [-0.1, -0.05) is 12.8 Å². The van der Waals surface area contributed by atoms with E-state index in [4.69, 9.17) is 4.74 Å². The van der Waals surface area contributed by atoms with E-state index in [-0.39, 0.29) is 0 Å². The summed E-state index contributed by atoms with van der Waals surface area (Å²) in [6, 6.07) is 0.447. The van der Waals surface area contributed by atoms with Crippen LogP contribution in [-0.2, 0) is 4.74 Å². The summed E-state index contributed by atoms with van der Waals surface area (Å²) in [4.78, 5) is 0. The summed E-state index contributed by atoms with van der Waals surface area (Å²) in [5.41, 5.74) is 1.23. The summed E-state index contributed by atoms with van der Waals surface area (Å²) < 4.78 is 7.58. The van der Waals surface area contributed by atoms with Crippen LogP contribution in [0.2, 0.25) is 0 Å². The molecule has 0 saturated heterocycles. The van der Waals surface area contributed by atoms with Gasteiger partial charge in [-0.05, 0) is 25.3 Å². The van der Waals surface area contributed by atoms with Gasteiger partial charge < -0.3 is 4.74 Å². The Bertz CT molecular complexity index is 295. The van der Waals surface area contributed by atoms with Gasteiger partial charge in [0, 0.05) is 13.3 Å². The van der Waals surface area contributed by atoms with Crippen molar-refractivity contribution >= 4 is 0 Å². The zero-order valence-corrected chi connectivity index (χ0v) is 8.94. The summed E-state index contributed by atoms with van der Waals surface area (Å²) in [5.74, 6) is 0. The van der Waals surface area contributed by atoms with Crippen LogP contribution in [0.1, 0.15) is 37.3 Å². The first-order chi connectivity index (χ1) is 6.81. The average Bonchev–Trinajstić information content (AvgIpc) is 2.65. The molecule has 78 valence electrons. The van der Waals surface area contributed by atoms with E-state index in [1.54, 1.807) is 7.11 Å². The molecular weight excluding hydrogens is 176 g/mol. The highest BCUT2D eigenvalue weighted by molar-refractivity contribution is 5.01. The first kappa shape index (κ1) is 9.71. The molecule has 0 N–H and O–H groups in total. The highest BCUT2D eigenvalue weighted by Crippen LogP contribution is 2.29. The van der Waals surface area contributed by atoms with E-state index in [0.29, 0.717) is 12.1 Å². The molecular formula is C11H18N2O. The van der Waals surface area contributed by atoms with Crippen molar-refractivity contribution in [3.8, 4) is 0 Å². The molecule has 0 aromatic carbocycles. The molecule has 0 aliphatic heterocycles. The van der Waals surface area contributed by atoms with Gasteiger partial charge in [-0.2, -0.15) is 5.10 Å². The van der Waals surface area contributed by atoms with Crippen molar-refractivity contribution < 1.29 is 4.74 Å². The van der Waals surface area contributed by atoms with Gasteiger partial charge in [-0.15, -0.1) is 0 Å². The first-order valence-electron chi connectivity index (χ1n) is 5.35. The SMILES string of the molecule is COC1CCCCC1n1cc(C)cn1. The van der Waals surface area contributed by atoms with Crippen molar-refractivity contribution in [1.29, 1.82) is 0 Å². The lowest BCUT2D eigenvalue weighted by molar-refractivity contribution is 0.0245. The average molecular weight is 194 g/mol. The Morgan fingerprint density at radius 2 is 2.21 bits per heavy atom. The number of aromatic nitrogens is 2. The molecule has 3 heteroatoms. The molecule has 1 aliphatic rings. The molecule has 1 fully saturated rings. The van der Waals surface area contributed by atoms with Crippen LogP contribution in [0.25, 0.3) is 0 Å². The second-order valence-electron chi connectivity index (χ2n) is 4.12. The second kappa shape index (κ2) is 4.13. The van der Waals surface area contributed by atoms with Crippen molar-refractivity contribution in [3.63, 3.8) is 0 Å². The molecule has 1 heterocycles. The predicted octanol–water partition coefficient (Wildman–Crippen LogP) is 2.32. The Balaban J connectivity index is 2.14. The third-order valence-electron chi connectivity index (χ3n) is 3.04. The normalized spacial score (nSPS) is 27.9. The molecule has 1 saturated carbocycles. The van der Waals surface area contributed by atoms with Crippen molar-refractivity contribution in [1.82, 2.24) is 9.78 Å². The molecule has 0 amide bonds. The zero-order valence-electron chi connectivity index (χ0n) is 8.94. The molecule has 14 heavy (non-hydrogen) atoms. The first-order valence-corrected chi connectivity index (χ1v) is 5.35. The van der Waals surface area contributed by atoms with Gasteiger partial charge in [-0.3, -0.25) is 4.68 Å². The molecule has 0 spiro atoms. The molecule has 0 radical (unpaired) electrons. The third kappa shape index (κ3) is 1.82. The summed E-state index contributed by atoms with van der Waals surface area (Å²) >= 11 is 0. The topological polar surface area (TPSA) is 27.1 Å². The van der Waals surface area contributed by atoms with Gasteiger partial charge in [0.2, 0.25) is 0 Å². The van der Waals surface area contributed by atoms with E-state index in [1.165, 1.54) is 31.2 Å². The molecule has 0 bridgehead atoms. The summed E-state index contributed by atoms with van der Waals surface area (Å²) in [7, 11) is 1.80. The van der Waals surface area contributed by atoms with Crippen molar-refractivity contribution in [3.05, 3.63) is 18.0 Å². The van der Waals surface area contributed by atoms with Crippen molar-refractivity contribution in [2.45, 2.75) is 44.8 Å². The van der Waals surface area contributed by atoms with Gasteiger partial charge in [0.05, 0.1) is 18.3 Å².